The number of hydrogen-bond donors (Lipinski definition) is 3. The quantitative estimate of drug-likeness (QED) is 0.230. The average Bonchev–Trinajstić information content (AvgIpc) is 3.19. The van der Waals surface area contributed by atoms with Crippen molar-refractivity contribution in [1.82, 2.24) is 14.8 Å². The summed E-state index contributed by atoms with van der Waals surface area (Å²) in [6.07, 6.45) is -1.95. The number of alkyl halides is 3. The first-order valence-electron chi connectivity index (χ1n) is 13.6. The molecule has 0 radical (unpaired) electrons. The number of nitrogens with one attached hydrogen (secondary N) is 2. The lowest BCUT2D eigenvalue weighted by molar-refractivity contribution is -0.137. The van der Waals surface area contributed by atoms with Crippen LogP contribution in [0.15, 0.2) is 60.8 Å². The Morgan fingerprint density at radius 3 is 2.44 bits per heavy atom. The molecule has 1 aliphatic rings. The van der Waals surface area contributed by atoms with E-state index >= 15 is 0 Å². The van der Waals surface area contributed by atoms with Crippen LogP contribution >= 0.6 is 0 Å². The van der Waals surface area contributed by atoms with E-state index in [0.29, 0.717) is 35.6 Å². The van der Waals surface area contributed by atoms with Gasteiger partial charge in [-0.2, -0.15) is 18.3 Å². The number of carbonyl (C=O) groups excluding carboxylic acids is 1. The van der Waals surface area contributed by atoms with E-state index in [4.69, 9.17) is 10.8 Å². The van der Waals surface area contributed by atoms with Crippen molar-refractivity contribution >= 4 is 23.2 Å². The number of aromatic nitrogens is 3. The van der Waals surface area contributed by atoms with Crippen LogP contribution in [0, 0.1) is 0 Å². The minimum Gasteiger partial charge on any atom is -0.365 e. The Labute approximate surface area is 237 Å². The fraction of sp³-hybridized carbons (Fsp3) is 0.323. The van der Waals surface area contributed by atoms with Crippen LogP contribution in [0.4, 0.5) is 30.5 Å². The van der Waals surface area contributed by atoms with Gasteiger partial charge in [-0.1, -0.05) is 64.1 Å². The predicted molar refractivity (Wildman–Crippen MR) is 154 cm³/mol. The Hall–Kier alpha value is -4.34. The Morgan fingerprint density at radius 2 is 1.80 bits per heavy atom. The SMILES string of the molecule is CCC(Nc1cc(C(F)(F)F)ccn1)c1ccc(-c2nn3c(c2C(N)=O)Nc2ccc(C(C)(C)C)cc2CC3)cc1. The molecule has 2 aromatic carbocycles. The van der Waals surface area contributed by atoms with E-state index in [1.807, 2.05) is 37.3 Å². The molecule has 7 nitrogen and oxygen atoms in total. The number of hydrogen-bond acceptors (Lipinski definition) is 5. The van der Waals surface area contributed by atoms with Gasteiger partial charge in [0, 0.05) is 24.0 Å². The van der Waals surface area contributed by atoms with Crippen LogP contribution in [0.25, 0.3) is 11.3 Å². The van der Waals surface area contributed by atoms with E-state index in [-0.39, 0.29) is 17.3 Å². The molecule has 5 rings (SSSR count). The van der Waals surface area contributed by atoms with E-state index in [1.165, 1.54) is 5.56 Å². The molecule has 0 aliphatic carbocycles. The Bertz CT molecular complexity index is 1590. The van der Waals surface area contributed by atoms with Crippen LogP contribution in [0.1, 0.15) is 72.8 Å². The van der Waals surface area contributed by atoms with Crippen molar-refractivity contribution in [3.8, 4) is 11.3 Å². The maximum atomic E-state index is 13.1. The molecule has 0 spiro atoms. The predicted octanol–water partition coefficient (Wildman–Crippen LogP) is 7.22. The van der Waals surface area contributed by atoms with Gasteiger partial charge in [0.05, 0.1) is 11.6 Å². The molecule has 214 valence electrons. The van der Waals surface area contributed by atoms with Crippen LogP contribution < -0.4 is 16.4 Å². The number of aryl methyl sites for hydroxylation is 2. The summed E-state index contributed by atoms with van der Waals surface area (Å²) in [6.45, 7) is 9.03. The van der Waals surface area contributed by atoms with Crippen molar-refractivity contribution in [2.75, 3.05) is 10.6 Å². The molecule has 1 amide bonds. The third kappa shape index (κ3) is 5.77. The lowest BCUT2D eigenvalue weighted by Crippen LogP contribution is -2.14. The van der Waals surface area contributed by atoms with Gasteiger partial charge in [0.25, 0.3) is 5.91 Å². The first-order valence-corrected chi connectivity index (χ1v) is 13.6. The minimum absolute atomic E-state index is 0.0164. The summed E-state index contributed by atoms with van der Waals surface area (Å²) in [5.41, 5.74) is 10.8. The zero-order valence-corrected chi connectivity index (χ0v) is 23.4. The molecule has 0 saturated heterocycles. The van der Waals surface area contributed by atoms with Crippen LogP contribution in [0.5, 0.6) is 0 Å². The number of primary amides is 1. The Kier molecular flexibility index (Phi) is 7.27. The summed E-state index contributed by atoms with van der Waals surface area (Å²) in [5, 5.41) is 11.3. The van der Waals surface area contributed by atoms with E-state index < -0.39 is 17.6 Å². The monoisotopic (exact) mass is 562 g/mol. The topological polar surface area (TPSA) is 97.9 Å². The molecule has 0 saturated carbocycles. The van der Waals surface area contributed by atoms with E-state index in [9.17, 15) is 18.0 Å². The lowest BCUT2D eigenvalue weighted by atomic mass is 9.85. The van der Waals surface area contributed by atoms with Crippen molar-refractivity contribution in [2.45, 2.75) is 64.7 Å². The third-order valence-corrected chi connectivity index (χ3v) is 7.42. The highest BCUT2D eigenvalue weighted by atomic mass is 19.4. The Morgan fingerprint density at radius 1 is 1.07 bits per heavy atom. The van der Waals surface area contributed by atoms with Gasteiger partial charge < -0.3 is 16.4 Å². The number of benzene rings is 2. The molecule has 2 aromatic heterocycles. The number of halogens is 3. The normalized spacial score (nSPS) is 13.9. The number of rotatable bonds is 6. The van der Waals surface area contributed by atoms with Crippen LogP contribution in [-0.2, 0) is 24.6 Å². The summed E-state index contributed by atoms with van der Waals surface area (Å²) >= 11 is 0. The summed E-state index contributed by atoms with van der Waals surface area (Å²) < 4.78 is 41.2. The number of pyridine rings is 1. The van der Waals surface area contributed by atoms with Gasteiger partial charge in [-0.25, -0.2) is 9.67 Å². The van der Waals surface area contributed by atoms with Crippen molar-refractivity contribution in [2.24, 2.45) is 5.73 Å². The maximum Gasteiger partial charge on any atom is 0.416 e. The second-order valence-corrected chi connectivity index (χ2v) is 11.3. The number of amides is 1. The molecule has 0 bridgehead atoms. The lowest BCUT2D eigenvalue weighted by Gasteiger charge is -2.21. The Balaban J connectivity index is 1.43. The van der Waals surface area contributed by atoms with E-state index in [1.54, 1.807) is 4.68 Å². The number of nitrogens with zero attached hydrogens (tertiary/aromatic N) is 3. The van der Waals surface area contributed by atoms with Crippen LogP contribution in [0.3, 0.4) is 0 Å². The maximum absolute atomic E-state index is 13.1. The van der Waals surface area contributed by atoms with Crippen molar-refractivity contribution in [3.63, 3.8) is 0 Å². The summed E-state index contributed by atoms with van der Waals surface area (Å²) in [5.74, 6) is 0.115. The average molecular weight is 563 g/mol. The number of fused-ring (bicyclic) bond motifs is 2. The number of carbonyl (C=O) groups is 1. The van der Waals surface area contributed by atoms with Gasteiger partial charge >= 0.3 is 6.18 Å². The summed E-state index contributed by atoms with van der Waals surface area (Å²) in [4.78, 5) is 16.8. The van der Waals surface area contributed by atoms with Gasteiger partial charge in [0.2, 0.25) is 0 Å². The van der Waals surface area contributed by atoms with Gasteiger partial charge in [0.1, 0.15) is 22.9 Å². The second-order valence-electron chi connectivity index (χ2n) is 11.3. The molecular weight excluding hydrogens is 529 g/mol. The van der Waals surface area contributed by atoms with Gasteiger partial charge in [-0.3, -0.25) is 4.79 Å². The van der Waals surface area contributed by atoms with Crippen LogP contribution in [-0.4, -0.2) is 20.7 Å². The fourth-order valence-electron chi connectivity index (χ4n) is 5.09. The highest BCUT2D eigenvalue weighted by Crippen LogP contribution is 2.37. The number of anilines is 3. The summed E-state index contributed by atoms with van der Waals surface area (Å²) in [6, 6.07) is 15.4. The molecule has 1 aliphatic heterocycles. The fourth-order valence-corrected chi connectivity index (χ4v) is 5.09. The van der Waals surface area contributed by atoms with Crippen molar-refractivity contribution < 1.29 is 18.0 Å². The highest BCUT2D eigenvalue weighted by molar-refractivity contribution is 6.04. The molecule has 1 unspecified atom stereocenters. The van der Waals surface area contributed by atoms with E-state index in [2.05, 4.69) is 48.5 Å². The number of nitrogens with two attached hydrogens (primary N) is 1. The van der Waals surface area contributed by atoms with Crippen LogP contribution in [0.2, 0.25) is 0 Å². The summed E-state index contributed by atoms with van der Waals surface area (Å²) in [7, 11) is 0. The molecule has 0 fully saturated rings. The second kappa shape index (κ2) is 10.6. The molecular formula is C31H33F3N6O. The molecule has 41 heavy (non-hydrogen) atoms. The standard InChI is InChI=1S/C31H33F3N6O/c1-5-23(37-25-17-22(12-14-36-25)31(32,33)34)18-6-8-19(9-7-18)27-26(28(35)41)29-38-24-11-10-21(30(2,3)4)16-20(24)13-15-40(29)39-27/h6-12,14,16-17,23,38H,5,13,15H2,1-4H3,(H2,35,41)(H,36,37). The first-order chi connectivity index (χ1) is 19.3. The smallest absolute Gasteiger partial charge is 0.365 e. The molecule has 3 heterocycles. The van der Waals surface area contributed by atoms with Crippen molar-refractivity contribution in [1.29, 1.82) is 0 Å². The molecule has 4 aromatic rings. The zero-order valence-electron chi connectivity index (χ0n) is 23.4. The van der Waals surface area contributed by atoms with Gasteiger partial charge in [-0.15, -0.1) is 0 Å². The van der Waals surface area contributed by atoms with Gasteiger partial charge in [0.15, 0.2) is 0 Å². The minimum atomic E-state index is -4.45. The molecule has 10 heteroatoms. The molecule has 1 atom stereocenters. The van der Waals surface area contributed by atoms with Gasteiger partial charge in [-0.05, 0) is 53.1 Å². The molecule has 4 N–H and O–H groups in total. The van der Waals surface area contributed by atoms with E-state index in [0.717, 1.165) is 41.6 Å². The van der Waals surface area contributed by atoms with Crippen molar-refractivity contribution in [3.05, 3.63) is 88.6 Å². The third-order valence-electron chi connectivity index (χ3n) is 7.42. The first kappa shape index (κ1) is 28.2. The highest BCUT2D eigenvalue weighted by Gasteiger charge is 2.31. The zero-order chi connectivity index (χ0) is 29.5. The largest absolute Gasteiger partial charge is 0.416 e.